The Hall–Kier alpha value is -1.22. The maximum absolute atomic E-state index is 6.72. The SMILES string of the molecule is CCCCN(c1nc(Cl)nc(N(CCCC)C2CC(C)(C)N(OCC)C(C)(C)C2)n1)C1CC(C)(C)NC(C)(C)C1. The van der Waals surface area contributed by atoms with Crippen molar-refractivity contribution in [2.75, 3.05) is 29.5 Å². The molecule has 9 heteroatoms. The molecule has 3 heterocycles. The van der Waals surface area contributed by atoms with E-state index in [0.717, 1.165) is 64.5 Å². The molecule has 0 spiro atoms. The minimum atomic E-state index is -0.133. The Labute approximate surface area is 249 Å². The van der Waals surface area contributed by atoms with Crippen LogP contribution in [0, 0.1) is 0 Å². The number of aromatic nitrogens is 3. The molecule has 2 aliphatic heterocycles. The van der Waals surface area contributed by atoms with Crippen LogP contribution in [-0.4, -0.2) is 74.0 Å². The number of unbranched alkanes of at least 4 members (excludes halogenated alkanes) is 2. The fourth-order valence-corrected chi connectivity index (χ4v) is 7.68. The lowest BCUT2D eigenvalue weighted by Crippen LogP contribution is -2.64. The molecule has 230 valence electrons. The Morgan fingerprint density at radius 3 is 1.57 bits per heavy atom. The third kappa shape index (κ3) is 8.20. The average molecular weight is 580 g/mol. The number of nitrogens with one attached hydrogen (secondary N) is 1. The van der Waals surface area contributed by atoms with Crippen molar-refractivity contribution in [3.05, 3.63) is 5.28 Å². The molecule has 1 aromatic heterocycles. The Balaban J connectivity index is 2.02. The molecule has 0 atom stereocenters. The Morgan fingerprint density at radius 2 is 1.18 bits per heavy atom. The largest absolute Gasteiger partial charge is 0.338 e. The zero-order valence-corrected chi connectivity index (χ0v) is 28.2. The predicted molar refractivity (Wildman–Crippen MR) is 168 cm³/mol. The highest BCUT2D eigenvalue weighted by atomic mass is 35.5. The van der Waals surface area contributed by atoms with Crippen LogP contribution in [0.5, 0.6) is 0 Å². The van der Waals surface area contributed by atoms with Crippen LogP contribution < -0.4 is 15.1 Å². The van der Waals surface area contributed by atoms with Crippen LogP contribution in [0.2, 0.25) is 5.28 Å². The highest BCUT2D eigenvalue weighted by Gasteiger charge is 2.48. The lowest BCUT2D eigenvalue weighted by molar-refractivity contribution is -0.280. The Kier molecular flexibility index (Phi) is 10.8. The van der Waals surface area contributed by atoms with Gasteiger partial charge in [0.2, 0.25) is 17.2 Å². The fourth-order valence-electron chi connectivity index (χ4n) is 7.53. The number of hydrogen-bond acceptors (Lipinski definition) is 8. The summed E-state index contributed by atoms with van der Waals surface area (Å²) in [6.45, 7) is 27.4. The van der Waals surface area contributed by atoms with Crippen molar-refractivity contribution in [2.24, 2.45) is 0 Å². The molecule has 2 fully saturated rings. The number of halogens is 1. The topological polar surface area (TPSA) is 69.7 Å². The fraction of sp³-hybridized carbons (Fsp3) is 0.903. The van der Waals surface area contributed by atoms with E-state index in [4.69, 9.17) is 31.4 Å². The summed E-state index contributed by atoms with van der Waals surface area (Å²) in [6.07, 6.45) is 8.33. The predicted octanol–water partition coefficient (Wildman–Crippen LogP) is 7.02. The van der Waals surface area contributed by atoms with E-state index < -0.39 is 0 Å². The first-order valence-electron chi connectivity index (χ1n) is 15.7. The van der Waals surface area contributed by atoms with Crippen molar-refractivity contribution in [1.29, 1.82) is 0 Å². The number of hydrogen-bond donors (Lipinski definition) is 1. The van der Waals surface area contributed by atoms with Crippen molar-refractivity contribution in [2.45, 2.75) is 162 Å². The van der Waals surface area contributed by atoms with Gasteiger partial charge in [0.05, 0.1) is 6.61 Å². The van der Waals surface area contributed by atoms with Gasteiger partial charge < -0.3 is 15.1 Å². The first kappa shape index (κ1) is 33.3. The van der Waals surface area contributed by atoms with Crippen molar-refractivity contribution >= 4 is 23.5 Å². The first-order chi connectivity index (χ1) is 18.5. The number of rotatable bonds is 12. The number of piperidine rings is 2. The maximum atomic E-state index is 6.72. The van der Waals surface area contributed by atoms with Gasteiger partial charge in [0.15, 0.2) is 0 Å². The standard InChI is InChI=1S/C31H58ClN7O/c1-12-15-17-37(23-19-28(4,5)36-29(6,7)20-23)26-33-25(32)34-27(35-26)38(18-16-13-2)24-21-30(8,9)39(40-14-3)31(10,11)22-24/h23-24,36H,12-22H2,1-11H3. The molecule has 3 rings (SSSR count). The number of nitrogens with zero attached hydrogens (tertiary/aromatic N) is 6. The van der Waals surface area contributed by atoms with E-state index in [1.54, 1.807) is 0 Å². The molecule has 8 nitrogen and oxygen atoms in total. The van der Waals surface area contributed by atoms with Gasteiger partial charge in [-0.25, -0.2) is 0 Å². The zero-order valence-electron chi connectivity index (χ0n) is 27.4. The van der Waals surface area contributed by atoms with Gasteiger partial charge >= 0.3 is 0 Å². The molecule has 0 radical (unpaired) electrons. The summed E-state index contributed by atoms with van der Waals surface area (Å²) in [6, 6.07) is 0.584. The Bertz CT molecular complexity index is 933. The maximum Gasteiger partial charge on any atom is 0.231 e. The molecule has 2 aliphatic rings. The van der Waals surface area contributed by atoms with Gasteiger partial charge in [0.1, 0.15) is 0 Å². The van der Waals surface area contributed by atoms with Crippen LogP contribution >= 0.6 is 11.6 Å². The summed E-state index contributed by atoms with van der Waals surface area (Å²) in [5.74, 6) is 1.42. The number of anilines is 2. The summed E-state index contributed by atoms with van der Waals surface area (Å²) in [4.78, 5) is 25.8. The molecule has 0 saturated carbocycles. The van der Waals surface area contributed by atoms with Crippen LogP contribution in [0.15, 0.2) is 0 Å². The molecule has 0 amide bonds. The molecular weight excluding hydrogens is 522 g/mol. The molecule has 2 saturated heterocycles. The van der Waals surface area contributed by atoms with Crippen molar-refractivity contribution in [3.8, 4) is 0 Å². The summed E-state index contributed by atoms with van der Waals surface area (Å²) in [5, 5.41) is 6.33. The second kappa shape index (κ2) is 13.0. The molecule has 0 aromatic carbocycles. The van der Waals surface area contributed by atoms with E-state index in [2.05, 4.69) is 96.3 Å². The second-order valence-electron chi connectivity index (χ2n) is 14.7. The monoisotopic (exact) mass is 579 g/mol. The Morgan fingerprint density at radius 1 is 0.750 bits per heavy atom. The highest BCUT2D eigenvalue weighted by Crippen LogP contribution is 2.42. The summed E-state index contributed by atoms with van der Waals surface area (Å²) in [5.41, 5.74) is -0.220. The van der Waals surface area contributed by atoms with E-state index in [-0.39, 0.29) is 33.5 Å². The third-order valence-corrected chi connectivity index (χ3v) is 8.65. The lowest BCUT2D eigenvalue weighted by Gasteiger charge is -2.55. The molecule has 1 N–H and O–H groups in total. The third-order valence-electron chi connectivity index (χ3n) is 8.48. The van der Waals surface area contributed by atoms with Gasteiger partial charge in [0.25, 0.3) is 0 Å². The van der Waals surface area contributed by atoms with Crippen LogP contribution in [0.1, 0.15) is 128 Å². The summed E-state index contributed by atoms with van der Waals surface area (Å²) in [7, 11) is 0. The lowest BCUT2D eigenvalue weighted by atomic mass is 9.78. The molecule has 0 aliphatic carbocycles. The van der Waals surface area contributed by atoms with E-state index in [0.29, 0.717) is 24.5 Å². The van der Waals surface area contributed by atoms with Crippen LogP contribution in [0.4, 0.5) is 11.9 Å². The van der Waals surface area contributed by atoms with E-state index >= 15 is 0 Å². The van der Waals surface area contributed by atoms with Crippen molar-refractivity contribution in [1.82, 2.24) is 25.3 Å². The quantitative estimate of drug-likeness (QED) is 0.283. The summed E-state index contributed by atoms with van der Waals surface area (Å²) >= 11 is 6.72. The summed E-state index contributed by atoms with van der Waals surface area (Å²) < 4.78 is 0. The van der Waals surface area contributed by atoms with Gasteiger partial charge in [-0.2, -0.15) is 20.0 Å². The van der Waals surface area contributed by atoms with Gasteiger partial charge in [-0.15, -0.1) is 0 Å². The van der Waals surface area contributed by atoms with Crippen LogP contribution in [0.3, 0.4) is 0 Å². The smallest absolute Gasteiger partial charge is 0.231 e. The minimum absolute atomic E-state index is 0.0232. The van der Waals surface area contributed by atoms with E-state index in [9.17, 15) is 0 Å². The molecule has 0 unspecified atom stereocenters. The van der Waals surface area contributed by atoms with Crippen LogP contribution in [-0.2, 0) is 4.84 Å². The average Bonchev–Trinajstić information content (AvgIpc) is 2.79. The molecule has 1 aromatic rings. The van der Waals surface area contributed by atoms with E-state index in [1.807, 2.05) is 0 Å². The highest BCUT2D eigenvalue weighted by molar-refractivity contribution is 6.28. The van der Waals surface area contributed by atoms with Gasteiger partial charge in [-0.3, -0.25) is 4.84 Å². The zero-order chi connectivity index (χ0) is 29.9. The van der Waals surface area contributed by atoms with Crippen molar-refractivity contribution in [3.63, 3.8) is 0 Å². The van der Waals surface area contributed by atoms with Gasteiger partial charge in [-0.05, 0) is 112 Å². The minimum Gasteiger partial charge on any atom is -0.338 e. The van der Waals surface area contributed by atoms with Gasteiger partial charge in [0, 0.05) is 47.3 Å². The van der Waals surface area contributed by atoms with Crippen molar-refractivity contribution < 1.29 is 4.84 Å². The molecular formula is C31H58ClN7O. The first-order valence-corrected chi connectivity index (χ1v) is 16.1. The molecule has 40 heavy (non-hydrogen) atoms. The number of hydroxylamine groups is 2. The molecule has 0 bridgehead atoms. The normalized spacial score (nSPS) is 22.8. The van der Waals surface area contributed by atoms with E-state index in [1.165, 1.54) is 0 Å². The second-order valence-corrected chi connectivity index (χ2v) is 15.0. The van der Waals surface area contributed by atoms with Gasteiger partial charge in [-0.1, -0.05) is 26.7 Å². The van der Waals surface area contributed by atoms with Crippen LogP contribution in [0.25, 0.3) is 0 Å².